The van der Waals surface area contributed by atoms with Gasteiger partial charge in [0.2, 0.25) is 0 Å². The Hall–Kier alpha value is -1.82. The lowest BCUT2D eigenvalue weighted by molar-refractivity contribution is 0.109. The summed E-state index contributed by atoms with van der Waals surface area (Å²) in [5.74, 6) is 0.313. The molecule has 0 aliphatic rings. The quantitative estimate of drug-likeness (QED) is 0.626. The summed E-state index contributed by atoms with van der Waals surface area (Å²) < 4.78 is 1.77. The highest BCUT2D eigenvalue weighted by Crippen LogP contribution is 2.27. The Bertz CT molecular complexity index is 808. The van der Waals surface area contributed by atoms with Gasteiger partial charge in [0.1, 0.15) is 6.23 Å². The van der Waals surface area contributed by atoms with Gasteiger partial charge in [0, 0.05) is 40.8 Å². The van der Waals surface area contributed by atoms with Gasteiger partial charge in [-0.25, -0.2) is 0 Å². The van der Waals surface area contributed by atoms with Crippen LogP contribution in [-0.2, 0) is 7.05 Å². The molecule has 0 aliphatic carbocycles. The normalized spacial score (nSPS) is 14.5. The van der Waals surface area contributed by atoms with Crippen molar-refractivity contribution >= 4 is 22.5 Å². The number of benzene rings is 1. The number of aromatic amines is 1. The summed E-state index contributed by atoms with van der Waals surface area (Å²) >= 11 is 6.01. The Kier molecular flexibility index (Phi) is 4.43. The predicted octanol–water partition coefficient (Wildman–Crippen LogP) is 3.53. The number of nitrogens with one attached hydrogen (secondary N) is 2. The fraction of sp³-hybridized carbons (Fsp3) is 0.353. The number of rotatable bonds is 5. The standard InChI is InChI=1S/C17H21ClN4O/c1-10(2)16(12-8-19-22(3)9-12)21-17(23)15-7-11-6-13(18)4-5-14(11)20-15/h4-10,16-17,20-21,23H,1-3H3. The van der Waals surface area contributed by atoms with Crippen molar-refractivity contribution in [3.05, 3.63) is 52.9 Å². The summed E-state index contributed by atoms with van der Waals surface area (Å²) in [7, 11) is 1.89. The van der Waals surface area contributed by atoms with E-state index in [9.17, 15) is 5.11 Å². The third kappa shape index (κ3) is 3.42. The van der Waals surface area contributed by atoms with E-state index in [1.165, 1.54) is 0 Å². The zero-order chi connectivity index (χ0) is 16.6. The third-order valence-corrected chi connectivity index (χ3v) is 4.22. The number of halogens is 1. The fourth-order valence-electron chi connectivity index (χ4n) is 2.81. The molecule has 0 spiro atoms. The van der Waals surface area contributed by atoms with Gasteiger partial charge in [-0.3, -0.25) is 10.00 Å². The van der Waals surface area contributed by atoms with E-state index in [1.807, 2.05) is 43.7 Å². The molecule has 3 rings (SSSR count). The molecule has 2 heterocycles. The van der Waals surface area contributed by atoms with Crippen molar-refractivity contribution in [1.29, 1.82) is 0 Å². The Morgan fingerprint density at radius 2 is 2.09 bits per heavy atom. The summed E-state index contributed by atoms with van der Waals surface area (Å²) in [6.45, 7) is 4.23. The number of hydrogen-bond acceptors (Lipinski definition) is 3. The van der Waals surface area contributed by atoms with E-state index in [-0.39, 0.29) is 6.04 Å². The van der Waals surface area contributed by atoms with Gasteiger partial charge < -0.3 is 10.1 Å². The number of aliphatic hydroxyl groups excluding tert-OH is 1. The monoisotopic (exact) mass is 332 g/mol. The second kappa shape index (κ2) is 6.35. The highest BCUT2D eigenvalue weighted by Gasteiger charge is 2.22. The van der Waals surface area contributed by atoms with Crippen molar-refractivity contribution in [1.82, 2.24) is 20.1 Å². The van der Waals surface area contributed by atoms with Crippen molar-refractivity contribution in [2.24, 2.45) is 13.0 Å². The van der Waals surface area contributed by atoms with Crippen molar-refractivity contribution in [2.45, 2.75) is 26.1 Å². The maximum Gasteiger partial charge on any atom is 0.146 e. The minimum Gasteiger partial charge on any atom is -0.373 e. The van der Waals surface area contributed by atoms with E-state index >= 15 is 0 Å². The van der Waals surface area contributed by atoms with Gasteiger partial charge in [-0.1, -0.05) is 25.4 Å². The van der Waals surface area contributed by atoms with Crippen LogP contribution in [0.2, 0.25) is 5.02 Å². The SMILES string of the molecule is CC(C)C(NC(O)c1cc2cc(Cl)ccc2[nH]1)c1cnn(C)c1. The molecule has 2 aromatic heterocycles. The van der Waals surface area contributed by atoms with Crippen LogP contribution in [0.5, 0.6) is 0 Å². The van der Waals surface area contributed by atoms with Crippen LogP contribution in [0.4, 0.5) is 0 Å². The van der Waals surface area contributed by atoms with E-state index in [0.29, 0.717) is 10.9 Å². The van der Waals surface area contributed by atoms with Gasteiger partial charge in [0.05, 0.1) is 11.9 Å². The number of aromatic nitrogens is 3. The molecule has 3 aromatic rings. The lowest BCUT2D eigenvalue weighted by atomic mass is 9.98. The number of nitrogens with zero attached hydrogens (tertiary/aromatic N) is 2. The van der Waals surface area contributed by atoms with Crippen LogP contribution in [0.3, 0.4) is 0 Å². The second-order valence-electron chi connectivity index (χ2n) is 6.19. The maximum absolute atomic E-state index is 10.6. The Labute approximate surface area is 140 Å². The van der Waals surface area contributed by atoms with E-state index in [1.54, 1.807) is 4.68 Å². The van der Waals surface area contributed by atoms with E-state index in [0.717, 1.165) is 22.2 Å². The molecule has 2 unspecified atom stereocenters. The van der Waals surface area contributed by atoms with Crippen molar-refractivity contribution < 1.29 is 5.11 Å². The topological polar surface area (TPSA) is 65.9 Å². The van der Waals surface area contributed by atoms with Crippen LogP contribution in [0.25, 0.3) is 10.9 Å². The van der Waals surface area contributed by atoms with Gasteiger partial charge in [-0.05, 0) is 30.2 Å². The van der Waals surface area contributed by atoms with Gasteiger partial charge in [-0.15, -0.1) is 0 Å². The zero-order valence-electron chi connectivity index (χ0n) is 13.4. The van der Waals surface area contributed by atoms with Crippen molar-refractivity contribution in [3.8, 4) is 0 Å². The van der Waals surface area contributed by atoms with Gasteiger partial charge in [0.15, 0.2) is 0 Å². The van der Waals surface area contributed by atoms with Crippen LogP contribution in [0, 0.1) is 5.92 Å². The lowest BCUT2D eigenvalue weighted by Gasteiger charge is -2.24. The minimum atomic E-state index is -0.797. The fourth-order valence-corrected chi connectivity index (χ4v) is 2.99. The van der Waals surface area contributed by atoms with Crippen LogP contribution >= 0.6 is 11.6 Å². The van der Waals surface area contributed by atoms with Crippen molar-refractivity contribution in [3.63, 3.8) is 0 Å². The minimum absolute atomic E-state index is 0.00806. The summed E-state index contributed by atoms with van der Waals surface area (Å²) in [5.41, 5.74) is 2.73. The number of hydrogen-bond donors (Lipinski definition) is 3. The number of fused-ring (bicyclic) bond motifs is 1. The first-order valence-corrected chi connectivity index (χ1v) is 8.02. The van der Waals surface area contributed by atoms with Crippen LogP contribution in [0.15, 0.2) is 36.7 Å². The molecule has 0 aliphatic heterocycles. The molecule has 3 N–H and O–H groups in total. The van der Waals surface area contributed by atoms with Gasteiger partial charge >= 0.3 is 0 Å². The first-order valence-electron chi connectivity index (χ1n) is 7.65. The van der Waals surface area contributed by atoms with Crippen molar-refractivity contribution in [2.75, 3.05) is 0 Å². The molecule has 0 fully saturated rings. The summed E-state index contributed by atoms with van der Waals surface area (Å²) in [4.78, 5) is 3.23. The number of aryl methyl sites for hydroxylation is 1. The molecule has 23 heavy (non-hydrogen) atoms. The average Bonchev–Trinajstić information content (AvgIpc) is 3.09. The molecule has 0 bridgehead atoms. The molecule has 0 saturated carbocycles. The third-order valence-electron chi connectivity index (χ3n) is 3.99. The molecular weight excluding hydrogens is 312 g/mol. The first-order chi connectivity index (χ1) is 10.9. The molecule has 0 radical (unpaired) electrons. The summed E-state index contributed by atoms with van der Waals surface area (Å²) in [6, 6.07) is 7.55. The Morgan fingerprint density at radius 3 is 2.74 bits per heavy atom. The van der Waals surface area contributed by atoms with Crippen LogP contribution in [-0.4, -0.2) is 19.9 Å². The van der Waals surface area contributed by atoms with E-state index < -0.39 is 6.23 Å². The molecular formula is C17H21ClN4O. The molecule has 1 aromatic carbocycles. The second-order valence-corrected chi connectivity index (χ2v) is 6.63. The van der Waals surface area contributed by atoms with E-state index in [4.69, 9.17) is 11.6 Å². The highest BCUT2D eigenvalue weighted by atomic mass is 35.5. The van der Waals surface area contributed by atoms with Crippen LogP contribution in [0.1, 0.15) is 37.4 Å². The molecule has 0 amide bonds. The van der Waals surface area contributed by atoms with Crippen LogP contribution < -0.4 is 5.32 Å². The number of H-pyrrole nitrogens is 1. The molecule has 0 saturated heterocycles. The van der Waals surface area contributed by atoms with Gasteiger partial charge in [0.25, 0.3) is 0 Å². The largest absolute Gasteiger partial charge is 0.373 e. The van der Waals surface area contributed by atoms with Gasteiger partial charge in [-0.2, -0.15) is 5.10 Å². The summed E-state index contributed by atoms with van der Waals surface area (Å²) in [6.07, 6.45) is 3.00. The van der Waals surface area contributed by atoms with E-state index in [2.05, 4.69) is 29.2 Å². The lowest BCUT2D eigenvalue weighted by Crippen LogP contribution is -2.29. The molecule has 5 nitrogen and oxygen atoms in total. The maximum atomic E-state index is 10.6. The Balaban J connectivity index is 1.84. The molecule has 6 heteroatoms. The number of aliphatic hydroxyl groups is 1. The first kappa shape index (κ1) is 16.1. The molecule has 122 valence electrons. The predicted molar refractivity (Wildman–Crippen MR) is 92.2 cm³/mol. The highest BCUT2D eigenvalue weighted by molar-refractivity contribution is 6.31. The smallest absolute Gasteiger partial charge is 0.146 e. The summed E-state index contributed by atoms with van der Waals surface area (Å²) in [5, 5.41) is 19.7. The Morgan fingerprint density at radius 1 is 1.30 bits per heavy atom. The zero-order valence-corrected chi connectivity index (χ0v) is 14.2. The average molecular weight is 333 g/mol. The molecule has 2 atom stereocenters.